The van der Waals surface area contributed by atoms with Gasteiger partial charge in [0.25, 0.3) is 0 Å². The van der Waals surface area contributed by atoms with E-state index in [4.69, 9.17) is 5.84 Å². The van der Waals surface area contributed by atoms with E-state index in [-0.39, 0.29) is 0 Å². The summed E-state index contributed by atoms with van der Waals surface area (Å²) in [6.07, 6.45) is 2.36. The summed E-state index contributed by atoms with van der Waals surface area (Å²) in [6.45, 7) is 0.912. The Kier molecular flexibility index (Phi) is 5.65. The van der Waals surface area contributed by atoms with Crippen molar-refractivity contribution >= 4 is 11.8 Å². The zero-order chi connectivity index (χ0) is 9.36. The van der Waals surface area contributed by atoms with Gasteiger partial charge in [-0.15, -0.1) is 11.8 Å². The van der Waals surface area contributed by atoms with Crippen LogP contribution in [-0.4, -0.2) is 12.3 Å². The van der Waals surface area contributed by atoms with Gasteiger partial charge in [-0.3, -0.25) is 11.3 Å². The normalized spacial score (nSPS) is 10.2. The van der Waals surface area contributed by atoms with Crippen molar-refractivity contribution in [1.29, 1.82) is 0 Å². The lowest BCUT2D eigenvalue weighted by Gasteiger charge is -2.00. The minimum Gasteiger partial charge on any atom is -0.271 e. The topological polar surface area (TPSA) is 38.0 Å². The second-order valence-electron chi connectivity index (χ2n) is 2.82. The number of nitrogens with two attached hydrogens (primary N) is 1. The van der Waals surface area contributed by atoms with Crippen molar-refractivity contribution in [3.8, 4) is 0 Å². The Balaban J connectivity index is 2.07. The average molecular weight is 196 g/mol. The van der Waals surface area contributed by atoms with E-state index in [9.17, 15) is 0 Å². The molecule has 0 unspecified atom stereocenters. The molecule has 0 amide bonds. The van der Waals surface area contributed by atoms with Crippen LogP contribution in [0.25, 0.3) is 0 Å². The lowest BCUT2D eigenvalue weighted by atomic mass is 10.3. The Hall–Kier alpha value is -0.510. The lowest BCUT2D eigenvalue weighted by molar-refractivity contribution is 0.672. The molecule has 3 N–H and O–H groups in total. The summed E-state index contributed by atoms with van der Waals surface area (Å²) in [6, 6.07) is 10.5. The Morgan fingerprint density at radius 3 is 2.62 bits per heavy atom. The lowest BCUT2D eigenvalue weighted by Crippen LogP contribution is -2.22. The van der Waals surface area contributed by atoms with Gasteiger partial charge in [0.15, 0.2) is 0 Å². The highest BCUT2D eigenvalue weighted by molar-refractivity contribution is 7.99. The zero-order valence-electron chi connectivity index (χ0n) is 7.70. The average Bonchev–Trinajstić information content (AvgIpc) is 2.19. The molecule has 2 nitrogen and oxygen atoms in total. The van der Waals surface area contributed by atoms with Crippen molar-refractivity contribution in [2.75, 3.05) is 12.3 Å². The Labute approximate surface area is 83.9 Å². The molecule has 0 saturated carbocycles. The highest BCUT2D eigenvalue weighted by Crippen LogP contribution is 2.17. The van der Waals surface area contributed by atoms with E-state index in [1.165, 1.54) is 17.1 Å². The van der Waals surface area contributed by atoms with Gasteiger partial charge >= 0.3 is 0 Å². The van der Waals surface area contributed by atoms with Gasteiger partial charge in [0, 0.05) is 11.4 Å². The molecule has 1 aromatic carbocycles. The number of hydrogen-bond acceptors (Lipinski definition) is 3. The monoisotopic (exact) mass is 196 g/mol. The zero-order valence-corrected chi connectivity index (χ0v) is 8.52. The molecular formula is C10H16N2S. The number of thioether (sulfide) groups is 1. The van der Waals surface area contributed by atoms with E-state index < -0.39 is 0 Å². The molecule has 0 aliphatic heterocycles. The number of benzene rings is 1. The van der Waals surface area contributed by atoms with Crippen LogP contribution in [0.15, 0.2) is 35.2 Å². The first-order valence-electron chi connectivity index (χ1n) is 4.55. The second kappa shape index (κ2) is 6.95. The fourth-order valence-corrected chi connectivity index (χ4v) is 1.97. The maximum Gasteiger partial charge on any atom is 0.00977 e. The fourth-order valence-electron chi connectivity index (χ4n) is 1.04. The van der Waals surface area contributed by atoms with Crippen LogP contribution >= 0.6 is 11.8 Å². The number of unbranched alkanes of at least 4 members (excludes halogenated alkanes) is 1. The quantitative estimate of drug-likeness (QED) is 0.316. The van der Waals surface area contributed by atoms with Crippen LogP contribution in [0.3, 0.4) is 0 Å². The Bertz CT molecular complexity index is 213. The van der Waals surface area contributed by atoms with Gasteiger partial charge in [-0.05, 0) is 30.7 Å². The molecule has 0 saturated heterocycles. The summed E-state index contributed by atoms with van der Waals surface area (Å²) in [4.78, 5) is 1.35. The summed E-state index contributed by atoms with van der Waals surface area (Å²) < 4.78 is 0. The van der Waals surface area contributed by atoms with Crippen LogP contribution in [-0.2, 0) is 0 Å². The molecule has 1 aromatic rings. The molecule has 0 radical (unpaired) electrons. The largest absolute Gasteiger partial charge is 0.271 e. The van der Waals surface area contributed by atoms with Crippen LogP contribution in [0.4, 0.5) is 0 Å². The molecular weight excluding hydrogens is 180 g/mol. The smallest absolute Gasteiger partial charge is 0.00977 e. The molecule has 0 fully saturated rings. The van der Waals surface area contributed by atoms with E-state index >= 15 is 0 Å². The third-order valence-electron chi connectivity index (χ3n) is 1.73. The number of hydrazine groups is 1. The van der Waals surface area contributed by atoms with Gasteiger partial charge in [-0.2, -0.15) is 0 Å². The van der Waals surface area contributed by atoms with Crippen LogP contribution in [0.5, 0.6) is 0 Å². The molecule has 72 valence electrons. The van der Waals surface area contributed by atoms with E-state index in [2.05, 4.69) is 29.7 Å². The van der Waals surface area contributed by atoms with Gasteiger partial charge < -0.3 is 0 Å². The van der Waals surface area contributed by atoms with Gasteiger partial charge in [-0.25, -0.2) is 0 Å². The number of nitrogens with one attached hydrogen (secondary N) is 1. The van der Waals surface area contributed by atoms with Gasteiger partial charge in [0.05, 0.1) is 0 Å². The van der Waals surface area contributed by atoms with Gasteiger partial charge in [0.1, 0.15) is 0 Å². The minimum absolute atomic E-state index is 0.912. The van der Waals surface area contributed by atoms with Crippen molar-refractivity contribution in [2.24, 2.45) is 5.84 Å². The molecule has 0 aliphatic carbocycles. The van der Waals surface area contributed by atoms with Crippen LogP contribution in [0.1, 0.15) is 12.8 Å². The van der Waals surface area contributed by atoms with Gasteiger partial charge in [-0.1, -0.05) is 18.2 Å². The molecule has 0 spiro atoms. The SMILES string of the molecule is NNCCCCSc1ccccc1. The summed E-state index contributed by atoms with van der Waals surface area (Å²) in [7, 11) is 0. The first-order valence-corrected chi connectivity index (χ1v) is 5.53. The van der Waals surface area contributed by atoms with E-state index in [0.29, 0.717) is 0 Å². The molecule has 0 aromatic heterocycles. The highest BCUT2D eigenvalue weighted by Gasteiger charge is 1.91. The summed E-state index contributed by atoms with van der Waals surface area (Å²) in [5, 5.41) is 0. The van der Waals surface area contributed by atoms with Crippen LogP contribution in [0, 0.1) is 0 Å². The first-order chi connectivity index (χ1) is 6.43. The summed E-state index contributed by atoms with van der Waals surface area (Å²) in [5.74, 6) is 6.34. The third-order valence-corrected chi connectivity index (χ3v) is 2.83. The first kappa shape index (κ1) is 10.6. The maximum atomic E-state index is 5.17. The maximum absolute atomic E-state index is 5.17. The molecule has 0 aliphatic rings. The van der Waals surface area contributed by atoms with Crippen molar-refractivity contribution < 1.29 is 0 Å². The molecule has 0 heterocycles. The number of rotatable bonds is 6. The molecule has 1 rings (SSSR count). The second-order valence-corrected chi connectivity index (χ2v) is 3.99. The fraction of sp³-hybridized carbons (Fsp3) is 0.400. The third kappa shape index (κ3) is 4.93. The van der Waals surface area contributed by atoms with Gasteiger partial charge in [0.2, 0.25) is 0 Å². The Morgan fingerprint density at radius 2 is 1.92 bits per heavy atom. The Morgan fingerprint density at radius 1 is 1.15 bits per heavy atom. The molecule has 3 heteroatoms. The minimum atomic E-state index is 0.912. The predicted molar refractivity (Wildman–Crippen MR) is 58.6 cm³/mol. The molecule has 0 bridgehead atoms. The van der Waals surface area contributed by atoms with Crippen molar-refractivity contribution in [2.45, 2.75) is 17.7 Å². The predicted octanol–water partition coefficient (Wildman–Crippen LogP) is 2.02. The summed E-state index contributed by atoms with van der Waals surface area (Å²) in [5.41, 5.74) is 2.66. The highest BCUT2D eigenvalue weighted by atomic mass is 32.2. The number of hydrogen-bond donors (Lipinski definition) is 2. The standard InChI is InChI=1S/C10H16N2S/c11-12-8-4-5-9-13-10-6-2-1-3-7-10/h1-3,6-7,12H,4-5,8-9,11H2. The van der Waals surface area contributed by atoms with Crippen LogP contribution < -0.4 is 11.3 Å². The van der Waals surface area contributed by atoms with Crippen molar-refractivity contribution in [1.82, 2.24) is 5.43 Å². The van der Waals surface area contributed by atoms with Crippen molar-refractivity contribution in [3.05, 3.63) is 30.3 Å². The molecule has 13 heavy (non-hydrogen) atoms. The van der Waals surface area contributed by atoms with Crippen LogP contribution in [0.2, 0.25) is 0 Å². The summed E-state index contributed by atoms with van der Waals surface area (Å²) >= 11 is 1.90. The van der Waals surface area contributed by atoms with E-state index in [1.54, 1.807) is 0 Å². The van der Waals surface area contributed by atoms with Crippen molar-refractivity contribution in [3.63, 3.8) is 0 Å². The van der Waals surface area contributed by atoms with E-state index in [1.807, 2.05) is 17.8 Å². The van der Waals surface area contributed by atoms with E-state index in [0.717, 1.165) is 13.0 Å². The molecule has 0 atom stereocenters.